The van der Waals surface area contributed by atoms with Crippen LogP contribution in [0.4, 0.5) is 0 Å². The van der Waals surface area contributed by atoms with Crippen LogP contribution in [-0.2, 0) is 16.0 Å². The minimum Gasteiger partial charge on any atom is -0.481 e. The summed E-state index contributed by atoms with van der Waals surface area (Å²) in [4.78, 5) is 26.3. The fourth-order valence-corrected chi connectivity index (χ4v) is 1.83. The van der Waals surface area contributed by atoms with Gasteiger partial charge in [-0.2, -0.15) is 0 Å². The average molecular weight is 264 g/mol. The lowest BCUT2D eigenvalue weighted by Crippen LogP contribution is -2.34. The molecule has 0 aliphatic carbocycles. The van der Waals surface area contributed by atoms with E-state index < -0.39 is 5.97 Å². The fraction of sp³-hybridized carbons (Fsp3) is 0.500. The fourth-order valence-electron chi connectivity index (χ4n) is 1.83. The van der Waals surface area contributed by atoms with Gasteiger partial charge in [-0.25, -0.2) is 0 Å². The van der Waals surface area contributed by atoms with Crippen molar-refractivity contribution in [3.63, 3.8) is 0 Å². The van der Waals surface area contributed by atoms with Gasteiger partial charge in [0.2, 0.25) is 5.91 Å². The molecule has 1 heterocycles. The molecule has 1 amide bonds. The minimum atomic E-state index is -0.871. The molecule has 104 valence electrons. The molecule has 1 rings (SSSR count). The van der Waals surface area contributed by atoms with E-state index in [4.69, 9.17) is 5.11 Å². The summed E-state index contributed by atoms with van der Waals surface area (Å²) < 4.78 is 0. The second-order valence-corrected chi connectivity index (χ2v) is 4.69. The molecule has 0 radical (unpaired) electrons. The normalized spacial score (nSPS) is 11.9. The van der Waals surface area contributed by atoms with Gasteiger partial charge in [-0.05, 0) is 32.4 Å². The summed E-state index contributed by atoms with van der Waals surface area (Å²) in [6, 6.07) is 5.80. The second-order valence-electron chi connectivity index (χ2n) is 4.69. The molecule has 1 aromatic heterocycles. The van der Waals surface area contributed by atoms with Crippen molar-refractivity contribution >= 4 is 11.9 Å². The molecule has 0 saturated carbocycles. The summed E-state index contributed by atoms with van der Waals surface area (Å²) in [5.74, 6) is -0.980. The van der Waals surface area contributed by atoms with E-state index >= 15 is 0 Å². The maximum atomic E-state index is 11.6. The van der Waals surface area contributed by atoms with Gasteiger partial charge in [-0.15, -0.1) is 0 Å². The molecule has 0 saturated heterocycles. The zero-order valence-electron chi connectivity index (χ0n) is 11.3. The van der Waals surface area contributed by atoms with Crippen LogP contribution in [0.15, 0.2) is 18.2 Å². The van der Waals surface area contributed by atoms with Gasteiger partial charge in [0.15, 0.2) is 0 Å². The summed E-state index contributed by atoms with van der Waals surface area (Å²) in [5.41, 5.74) is 1.90. The van der Waals surface area contributed by atoms with Gasteiger partial charge in [0.25, 0.3) is 0 Å². The molecule has 1 atom stereocenters. The molecule has 0 spiro atoms. The Balaban J connectivity index is 2.32. The van der Waals surface area contributed by atoms with Crippen LogP contribution in [0.3, 0.4) is 0 Å². The highest BCUT2D eigenvalue weighted by Gasteiger charge is 2.09. The number of nitrogens with zero attached hydrogens (tertiary/aromatic N) is 1. The van der Waals surface area contributed by atoms with Crippen LogP contribution in [0.25, 0.3) is 0 Å². The first-order chi connectivity index (χ1) is 8.97. The average Bonchev–Trinajstić information content (AvgIpc) is 2.27. The van der Waals surface area contributed by atoms with Crippen LogP contribution in [0, 0.1) is 6.92 Å². The number of aromatic nitrogens is 1. The highest BCUT2D eigenvalue weighted by molar-refractivity contribution is 5.77. The number of nitrogens with one attached hydrogen (secondary N) is 1. The van der Waals surface area contributed by atoms with Crippen LogP contribution in [0.5, 0.6) is 0 Å². The second kappa shape index (κ2) is 7.51. The maximum Gasteiger partial charge on any atom is 0.303 e. The Labute approximate surface area is 113 Å². The van der Waals surface area contributed by atoms with Gasteiger partial charge in [-0.3, -0.25) is 14.6 Å². The van der Waals surface area contributed by atoms with Crippen LogP contribution in [-0.4, -0.2) is 28.0 Å². The Morgan fingerprint density at radius 3 is 2.74 bits per heavy atom. The lowest BCUT2D eigenvalue weighted by molar-refractivity contribution is -0.137. The number of hydrogen-bond acceptors (Lipinski definition) is 3. The molecule has 5 heteroatoms. The smallest absolute Gasteiger partial charge is 0.303 e. The number of carbonyl (C=O) groups excluding carboxylic acids is 1. The molecule has 0 bridgehead atoms. The molecule has 1 unspecified atom stereocenters. The standard InChI is InChI=1S/C14H20N2O3/c1-10-5-3-6-12(15-10)9-11(2)16-13(17)7-4-8-14(18)19/h3,5-6,11H,4,7-9H2,1-2H3,(H,16,17)(H,18,19). The Bertz CT molecular complexity index is 446. The number of aliphatic carboxylic acids is 1. The van der Waals surface area contributed by atoms with Gasteiger partial charge in [-0.1, -0.05) is 6.07 Å². The minimum absolute atomic E-state index is 0.00775. The van der Waals surface area contributed by atoms with Gasteiger partial charge in [0.05, 0.1) is 0 Å². The van der Waals surface area contributed by atoms with E-state index in [2.05, 4.69) is 10.3 Å². The number of carboxylic acid groups (broad SMARTS) is 1. The van der Waals surface area contributed by atoms with Crippen molar-refractivity contribution < 1.29 is 14.7 Å². The van der Waals surface area contributed by atoms with E-state index in [1.54, 1.807) is 0 Å². The van der Waals surface area contributed by atoms with Crippen molar-refractivity contribution in [2.75, 3.05) is 0 Å². The van der Waals surface area contributed by atoms with Crippen molar-refractivity contribution in [1.82, 2.24) is 10.3 Å². The molecule has 0 aliphatic heterocycles. The largest absolute Gasteiger partial charge is 0.481 e. The topological polar surface area (TPSA) is 79.3 Å². The van der Waals surface area contributed by atoms with Crippen molar-refractivity contribution in [3.05, 3.63) is 29.6 Å². The highest BCUT2D eigenvalue weighted by Crippen LogP contribution is 2.03. The monoisotopic (exact) mass is 264 g/mol. The zero-order valence-corrected chi connectivity index (χ0v) is 11.3. The van der Waals surface area contributed by atoms with Gasteiger partial charge >= 0.3 is 5.97 Å². The van der Waals surface area contributed by atoms with Crippen molar-refractivity contribution in [1.29, 1.82) is 0 Å². The number of carbonyl (C=O) groups is 2. The van der Waals surface area contributed by atoms with E-state index in [9.17, 15) is 9.59 Å². The lowest BCUT2D eigenvalue weighted by Gasteiger charge is -2.13. The van der Waals surface area contributed by atoms with E-state index in [1.165, 1.54) is 0 Å². The summed E-state index contributed by atoms with van der Waals surface area (Å²) in [5, 5.41) is 11.3. The van der Waals surface area contributed by atoms with Crippen LogP contribution >= 0.6 is 0 Å². The van der Waals surface area contributed by atoms with Crippen LogP contribution in [0.1, 0.15) is 37.6 Å². The third-order valence-corrected chi connectivity index (χ3v) is 2.66. The summed E-state index contributed by atoms with van der Waals surface area (Å²) >= 11 is 0. The quantitative estimate of drug-likeness (QED) is 0.785. The first-order valence-electron chi connectivity index (χ1n) is 6.41. The summed E-state index contributed by atoms with van der Waals surface area (Å²) in [6.07, 6.45) is 1.32. The Hall–Kier alpha value is -1.91. The molecule has 19 heavy (non-hydrogen) atoms. The molecule has 0 aliphatic rings. The van der Waals surface area contributed by atoms with E-state index in [0.717, 1.165) is 11.4 Å². The van der Waals surface area contributed by atoms with Crippen molar-refractivity contribution in [3.8, 4) is 0 Å². The Kier molecular flexibility index (Phi) is 5.99. The molecule has 1 aromatic rings. The number of amides is 1. The first-order valence-corrected chi connectivity index (χ1v) is 6.41. The van der Waals surface area contributed by atoms with Crippen LogP contribution < -0.4 is 5.32 Å². The molecule has 2 N–H and O–H groups in total. The molecular formula is C14H20N2O3. The summed E-state index contributed by atoms with van der Waals surface area (Å²) in [6.45, 7) is 3.84. The van der Waals surface area contributed by atoms with Crippen molar-refractivity contribution in [2.24, 2.45) is 0 Å². The number of carboxylic acids is 1. The van der Waals surface area contributed by atoms with Gasteiger partial charge in [0, 0.05) is 36.7 Å². The Morgan fingerprint density at radius 1 is 1.37 bits per heavy atom. The predicted octanol–water partition coefficient (Wildman–Crippen LogP) is 1.69. The zero-order chi connectivity index (χ0) is 14.3. The van der Waals surface area contributed by atoms with E-state index in [1.807, 2.05) is 32.0 Å². The van der Waals surface area contributed by atoms with E-state index in [0.29, 0.717) is 12.8 Å². The number of rotatable bonds is 7. The number of hydrogen-bond donors (Lipinski definition) is 2. The van der Waals surface area contributed by atoms with Gasteiger partial charge in [0.1, 0.15) is 0 Å². The first kappa shape index (κ1) is 15.1. The molecule has 0 aromatic carbocycles. The molecule has 0 fully saturated rings. The summed E-state index contributed by atoms with van der Waals surface area (Å²) in [7, 11) is 0. The molecular weight excluding hydrogens is 244 g/mol. The maximum absolute atomic E-state index is 11.6. The Morgan fingerprint density at radius 2 is 2.11 bits per heavy atom. The predicted molar refractivity (Wildman–Crippen MR) is 71.8 cm³/mol. The van der Waals surface area contributed by atoms with E-state index in [-0.39, 0.29) is 24.8 Å². The van der Waals surface area contributed by atoms with Gasteiger partial charge < -0.3 is 10.4 Å². The molecule has 5 nitrogen and oxygen atoms in total. The van der Waals surface area contributed by atoms with Crippen LogP contribution in [0.2, 0.25) is 0 Å². The SMILES string of the molecule is Cc1cccc(CC(C)NC(=O)CCCC(=O)O)n1. The third kappa shape index (κ3) is 6.55. The number of pyridine rings is 1. The lowest BCUT2D eigenvalue weighted by atomic mass is 10.1. The van der Waals surface area contributed by atoms with Crippen molar-refractivity contribution in [2.45, 2.75) is 45.6 Å². The third-order valence-electron chi connectivity index (χ3n) is 2.66. The highest BCUT2D eigenvalue weighted by atomic mass is 16.4. The number of aryl methyl sites for hydroxylation is 1.